The summed E-state index contributed by atoms with van der Waals surface area (Å²) in [6, 6.07) is 12.8. The fourth-order valence-electron chi connectivity index (χ4n) is 5.45. The number of nitrogens with zero attached hydrogens (tertiary/aromatic N) is 2. The summed E-state index contributed by atoms with van der Waals surface area (Å²) in [5.74, 6) is -6.73. The van der Waals surface area contributed by atoms with Crippen LogP contribution in [0.1, 0.15) is 48.6 Å². The lowest BCUT2D eigenvalue weighted by Gasteiger charge is -2.30. The van der Waals surface area contributed by atoms with Crippen LogP contribution in [0.4, 0.5) is 5.69 Å². The number of anilines is 1. The highest BCUT2D eigenvalue weighted by Gasteiger charge is 2.69. The maximum absolute atomic E-state index is 13.9. The quantitative estimate of drug-likeness (QED) is 0.517. The summed E-state index contributed by atoms with van der Waals surface area (Å²) in [7, 11) is 0. The van der Waals surface area contributed by atoms with E-state index in [0.717, 1.165) is 16.0 Å². The number of nitrogens with one attached hydrogen (secondary N) is 1. The summed E-state index contributed by atoms with van der Waals surface area (Å²) in [6.45, 7) is 3.80. The molecule has 0 saturated carbocycles. The lowest BCUT2D eigenvalue weighted by molar-refractivity contribution is -0.154. The Morgan fingerprint density at radius 2 is 1.63 bits per heavy atom. The van der Waals surface area contributed by atoms with E-state index in [1.807, 2.05) is 38.1 Å². The fourth-order valence-corrected chi connectivity index (χ4v) is 5.45. The molecule has 0 spiro atoms. The van der Waals surface area contributed by atoms with Crippen LogP contribution in [0.3, 0.4) is 0 Å². The molecule has 35 heavy (non-hydrogen) atoms. The number of aryl methyl sites for hydroxylation is 2. The molecule has 9 heteroatoms. The molecular weight excluding hydrogens is 450 g/mol. The van der Waals surface area contributed by atoms with E-state index in [0.29, 0.717) is 29.7 Å². The van der Waals surface area contributed by atoms with Gasteiger partial charge in [0.25, 0.3) is 0 Å². The third-order valence-corrected chi connectivity index (χ3v) is 7.05. The molecule has 4 atom stereocenters. The minimum atomic E-state index is -2.18. The molecule has 0 bridgehead atoms. The van der Waals surface area contributed by atoms with Crippen LogP contribution < -0.4 is 10.2 Å². The largest absolute Gasteiger partial charge is 0.481 e. The summed E-state index contributed by atoms with van der Waals surface area (Å²) in [6.07, 6.45) is 0.220. The molecule has 4 unspecified atom stereocenters. The average molecular weight is 476 g/mol. The number of carbonyl (C=O) groups is 4. The van der Waals surface area contributed by atoms with Crippen molar-refractivity contribution in [2.45, 2.75) is 44.7 Å². The summed E-state index contributed by atoms with van der Waals surface area (Å²) < 4.78 is 0. The Kier molecular flexibility index (Phi) is 6.17. The van der Waals surface area contributed by atoms with Crippen LogP contribution in [0.5, 0.6) is 0 Å². The first-order chi connectivity index (χ1) is 16.7. The predicted octanol–water partition coefficient (Wildman–Crippen LogP) is 2.43. The van der Waals surface area contributed by atoms with Crippen LogP contribution in [0.15, 0.2) is 42.5 Å². The van der Waals surface area contributed by atoms with Gasteiger partial charge in [0.2, 0.25) is 11.8 Å². The number of carbonyl (C=O) groups excluding carboxylic acids is 2. The topological polar surface area (TPSA) is 148 Å². The summed E-state index contributed by atoms with van der Waals surface area (Å²) in [5.41, 5.74) is 0.689. The van der Waals surface area contributed by atoms with Crippen molar-refractivity contribution < 1.29 is 29.4 Å². The fraction of sp³-hybridized carbons (Fsp3) is 0.346. The molecule has 3 N–H and O–H groups in total. The SMILES string of the molecule is CCc1cccc(CC)c1N1C(=O)C2C(c3ccc(C#N)cc3)NC(CC(=O)O)(C(=O)O)C2C1=O. The van der Waals surface area contributed by atoms with E-state index < -0.39 is 53.6 Å². The van der Waals surface area contributed by atoms with Gasteiger partial charge < -0.3 is 10.2 Å². The van der Waals surface area contributed by atoms with E-state index in [9.17, 15) is 29.4 Å². The molecule has 0 radical (unpaired) electrons. The Balaban J connectivity index is 1.92. The van der Waals surface area contributed by atoms with Crippen molar-refractivity contribution >= 4 is 29.4 Å². The van der Waals surface area contributed by atoms with Gasteiger partial charge in [0.15, 0.2) is 0 Å². The summed E-state index contributed by atoms with van der Waals surface area (Å²) in [5, 5.41) is 31.8. The number of imide groups is 1. The highest BCUT2D eigenvalue weighted by atomic mass is 16.4. The van der Waals surface area contributed by atoms with E-state index in [-0.39, 0.29) is 0 Å². The third-order valence-electron chi connectivity index (χ3n) is 7.05. The van der Waals surface area contributed by atoms with Gasteiger partial charge in [0, 0.05) is 6.04 Å². The van der Waals surface area contributed by atoms with Crippen molar-refractivity contribution in [2.75, 3.05) is 4.90 Å². The van der Waals surface area contributed by atoms with E-state index in [1.54, 1.807) is 12.1 Å². The van der Waals surface area contributed by atoms with Crippen LogP contribution in [-0.4, -0.2) is 39.5 Å². The predicted molar refractivity (Wildman–Crippen MR) is 124 cm³/mol. The second-order valence-corrected chi connectivity index (χ2v) is 8.85. The zero-order valence-electron chi connectivity index (χ0n) is 19.3. The Labute approximate surface area is 202 Å². The van der Waals surface area contributed by atoms with Gasteiger partial charge in [-0.2, -0.15) is 5.26 Å². The van der Waals surface area contributed by atoms with E-state index >= 15 is 0 Å². The van der Waals surface area contributed by atoms with Crippen LogP contribution in [0.2, 0.25) is 0 Å². The van der Waals surface area contributed by atoms with Crippen molar-refractivity contribution in [1.82, 2.24) is 5.32 Å². The lowest BCUT2D eigenvalue weighted by Crippen LogP contribution is -2.57. The maximum Gasteiger partial charge on any atom is 0.325 e. The van der Waals surface area contributed by atoms with E-state index in [4.69, 9.17) is 5.26 Å². The van der Waals surface area contributed by atoms with Gasteiger partial charge in [0.05, 0.1) is 35.6 Å². The number of carboxylic acid groups (broad SMARTS) is 2. The number of benzene rings is 2. The highest BCUT2D eigenvalue weighted by molar-refractivity contribution is 6.25. The van der Waals surface area contributed by atoms with E-state index in [2.05, 4.69) is 5.32 Å². The van der Waals surface area contributed by atoms with Gasteiger partial charge in [-0.1, -0.05) is 44.2 Å². The van der Waals surface area contributed by atoms with Crippen molar-refractivity contribution in [2.24, 2.45) is 11.8 Å². The number of fused-ring (bicyclic) bond motifs is 1. The molecule has 2 aromatic rings. The van der Waals surface area contributed by atoms with Crippen LogP contribution >= 0.6 is 0 Å². The second kappa shape index (κ2) is 8.96. The molecule has 0 aromatic heterocycles. The molecule has 4 rings (SSSR count). The molecule has 2 aliphatic heterocycles. The number of carboxylic acids is 2. The highest BCUT2D eigenvalue weighted by Crippen LogP contribution is 2.51. The number of nitriles is 1. The normalized spacial score (nSPS) is 25.4. The van der Waals surface area contributed by atoms with Crippen molar-refractivity contribution in [1.29, 1.82) is 5.26 Å². The van der Waals surface area contributed by atoms with Gasteiger partial charge in [-0.15, -0.1) is 0 Å². The first kappa shape index (κ1) is 24.1. The van der Waals surface area contributed by atoms with Crippen LogP contribution in [0, 0.1) is 23.2 Å². The number of para-hydroxylation sites is 1. The van der Waals surface area contributed by atoms with Gasteiger partial charge in [-0.05, 0) is 41.7 Å². The Morgan fingerprint density at radius 3 is 2.11 bits per heavy atom. The van der Waals surface area contributed by atoms with E-state index in [1.165, 1.54) is 12.1 Å². The van der Waals surface area contributed by atoms with Crippen LogP contribution in [0.25, 0.3) is 0 Å². The maximum atomic E-state index is 13.9. The molecule has 2 aliphatic rings. The lowest BCUT2D eigenvalue weighted by atomic mass is 9.77. The third kappa shape index (κ3) is 3.67. The first-order valence-corrected chi connectivity index (χ1v) is 11.4. The first-order valence-electron chi connectivity index (χ1n) is 11.4. The molecule has 2 fully saturated rings. The molecular formula is C26H25N3O6. The molecule has 2 amide bonds. The van der Waals surface area contributed by atoms with Crippen LogP contribution in [-0.2, 0) is 32.0 Å². The molecule has 2 saturated heterocycles. The molecule has 2 heterocycles. The number of hydrogen-bond acceptors (Lipinski definition) is 6. The zero-order chi connectivity index (χ0) is 25.5. The molecule has 9 nitrogen and oxygen atoms in total. The van der Waals surface area contributed by atoms with Gasteiger partial charge in [-0.25, -0.2) is 4.90 Å². The second-order valence-electron chi connectivity index (χ2n) is 8.85. The van der Waals surface area contributed by atoms with Crippen molar-refractivity contribution in [3.63, 3.8) is 0 Å². The Hall–Kier alpha value is -4.03. The van der Waals surface area contributed by atoms with Gasteiger partial charge in [0.1, 0.15) is 5.54 Å². The monoisotopic (exact) mass is 475 g/mol. The molecule has 2 aromatic carbocycles. The minimum Gasteiger partial charge on any atom is -0.481 e. The standard InChI is InChI=1S/C26H25N3O6/c1-3-15-6-5-7-16(4-2)22(15)29-23(32)19-20(24(29)33)26(25(34)35,12-18(30)31)28-21(19)17-10-8-14(13-27)9-11-17/h5-11,19-21,28H,3-4,12H2,1-2H3,(H,30,31)(H,34,35). The molecule has 180 valence electrons. The Morgan fingerprint density at radius 1 is 1.03 bits per heavy atom. The minimum absolute atomic E-state index is 0.373. The average Bonchev–Trinajstić information content (AvgIpc) is 3.32. The summed E-state index contributed by atoms with van der Waals surface area (Å²) in [4.78, 5) is 53.2. The van der Waals surface area contributed by atoms with Gasteiger partial charge >= 0.3 is 11.9 Å². The van der Waals surface area contributed by atoms with Crippen molar-refractivity contribution in [3.05, 3.63) is 64.7 Å². The number of aliphatic carboxylic acids is 2. The number of amides is 2. The number of hydrogen-bond donors (Lipinski definition) is 3. The Bertz CT molecular complexity index is 1240. The van der Waals surface area contributed by atoms with Crippen molar-refractivity contribution in [3.8, 4) is 6.07 Å². The zero-order valence-corrected chi connectivity index (χ0v) is 19.3. The molecule has 0 aliphatic carbocycles. The van der Waals surface area contributed by atoms with Gasteiger partial charge in [-0.3, -0.25) is 24.5 Å². The number of rotatable bonds is 7. The smallest absolute Gasteiger partial charge is 0.325 e. The summed E-state index contributed by atoms with van der Waals surface area (Å²) >= 11 is 0.